The van der Waals surface area contributed by atoms with E-state index < -0.39 is 10.0 Å². The van der Waals surface area contributed by atoms with Crippen LogP contribution in [0.4, 0.5) is 0 Å². The van der Waals surface area contributed by atoms with Crippen LogP contribution in [-0.4, -0.2) is 31.3 Å². The van der Waals surface area contributed by atoms with Gasteiger partial charge in [-0.25, -0.2) is 18.1 Å². The number of aromatic hydroxyl groups is 1. The second-order valence-electron chi connectivity index (χ2n) is 5.27. The molecule has 0 spiro atoms. The number of hydrogen-bond acceptors (Lipinski definition) is 6. The Morgan fingerprint density at radius 3 is 2.83 bits per heavy atom. The molecule has 0 aliphatic carbocycles. The van der Waals surface area contributed by atoms with Crippen LogP contribution in [0.1, 0.15) is 4.88 Å². The minimum absolute atomic E-state index is 0.223. The standard InChI is InChI=1S/C16H16N2O3S3/c1-24(20,21)17-8-7-13-5-6-15(23-13)14-10-22-16(18-14)11-3-2-4-12(19)9-11/h2-6,9-10,17,19H,7-8H2,1H3. The molecule has 0 unspecified atom stereocenters. The predicted octanol–water partition coefficient (Wildman–Crippen LogP) is 3.34. The van der Waals surface area contributed by atoms with Crippen molar-refractivity contribution in [1.82, 2.24) is 9.71 Å². The first-order chi connectivity index (χ1) is 11.4. The lowest BCUT2D eigenvalue weighted by Crippen LogP contribution is -2.23. The van der Waals surface area contributed by atoms with Crippen molar-refractivity contribution in [3.63, 3.8) is 0 Å². The first kappa shape index (κ1) is 17.1. The van der Waals surface area contributed by atoms with E-state index in [-0.39, 0.29) is 5.75 Å². The number of nitrogens with one attached hydrogen (secondary N) is 1. The number of hydrogen-bond donors (Lipinski definition) is 2. The van der Waals surface area contributed by atoms with Gasteiger partial charge in [-0.15, -0.1) is 22.7 Å². The molecule has 2 aromatic heterocycles. The highest BCUT2D eigenvalue weighted by atomic mass is 32.2. The van der Waals surface area contributed by atoms with Crippen molar-refractivity contribution in [2.75, 3.05) is 12.8 Å². The molecule has 1 aromatic carbocycles. The van der Waals surface area contributed by atoms with Crippen LogP contribution in [-0.2, 0) is 16.4 Å². The summed E-state index contributed by atoms with van der Waals surface area (Å²) in [6, 6.07) is 11.0. The van der Waals surface area contributed by atoms with Crippen LogP contribution in [0.15, 0.2) is 41.8 Å². The molecule has 3 aromatic rings. The fourth-order valence-electron chi connectivity index (χ4n) is 2.17. The third kappa shape index (κ3) is 4.41. The van der Waals surface area contributed by atoms with E-state index in [0.717, 1.165) is 32.3 Å². The Hall–Kier alpha value is -1.74. The zero-order valence-corrected chi connectivity index (χ0v) is 15.3. The van der Waals surface area contributed by atoms with Gasteiger partial charge in [-0.3, -0.25) is 0 Å². The summed E-state index contributed by atoms with van der Waals surface area (Å²) < 4.78 is 24.6. The number of thiazole rings is 1. The van der Waals surface area contributed by atoms with Crippen molar-refractivity contribution in [2.24, 2.45) is 0 Å². The van der Waals surface area contributed by atoms with Crippen molar-refractivity contribution >= 4 is 32.7 Å². The minimum atomic E-state index is -3.15. The maximum Gasteiger partial charge on any atom is 0.208 e. The molecule has 126 valence electrons. The first-order valence-electron chi connectivity index (χ1n) is 7.19. The molecule has 2 N–H and O–H groups in total. The number of thiophene rings is 1. The largest absolute Gasteiger partial charge is 0.508 e. The topological polar surface area (TPSA) is 79.3 Å². The Morgan fingerprint density at radius 2 is 2.08 bits per heavy atom. The van der Waals surface area contributed by atoms with Crippen LogP contribution in [0.2, 0.25) is 0 Å². The van der Waals surface area contributed by atoms with E-state index in [1.807, 2.05) is 23.6 Å². The molecule has 0 amide bonds. The highest BCUT2D eigenvalue weighted by Crippen LogP contribution is 2.33. The lowest BCUT2D eigenvalue weighted by atomic mass is 10.2. The van der Waals surface area contributed by atoms with Crippen molar-refractivity contribution in [3.05, 3.63) is 46.7 Å². The molecule has 0 bridgehead atoms. The maximum absolute atomic E-state index is 11.1. The van der Waals surface area contributed by atoms with Gasteiger partial charge in [0.1, 0.15) is 10.8 Å². The molecule has 24 heavy (non-hydrogen) atoms. The molecule has 0 atom stereocenters. The lowest BCUT2D eigenvalue weighted by Gasteiger charge is -1.99. The van der Waals surface area contributed by atoms with Crippen molar-refractivity contribution < 1.29 is 13.5 Å². The maximum atomic E-state index is 11.1. The third-order valence-electron chi connectivity index (χ3n) is 3.25. The molecule has 0 radical (unpaired) electrons. The fourth-order valence-corrected chi connectivity index (χ4v) is 4.50. The number of aromatic nitrogens is 1. The Kier molecular flexibility index (Phi) is 5.00. The van der Waals surface area contributed by atoms with Crippen molar-refractivity contribution in [3.8, 4) is 26.9 Å². The Labute approximate surface area is 148 Å². The van der Waals surface area contributed by atoms with Crippen molar-refractivity contribution in [1.29, 1.82) is 0 Å². The summed E-state index contributed by atoms with van der Waals surface area (Å²) in [5.74, 6) is 0.223. The van der Waals surface area contributed by atoms with Gasteiger partial charge in [0.2, 0.25) is 10.0 Å². The summed E-state index contributed by atoms with van der Waals surface area (Å²) in [7, 11) is -3.15. The summed E-state index contributed by atoms with van der Waals surface area (Å²) in [4.78, 5) is 6.78. The van der Waals surface area contributed by atoms with Gasteiger partial charge >= 0.3 is 0 Å². The van der Waals surface area contributed by atoms with Crippen LogP contribution in [0.5, 0.6) is 5.75 Å². The average Bonchev–Trinajstić information content (AvgIpc) is 3.14. The van der Waals surface area contributed by atoms with Crippen LogP contribution in [0.3, 0.4) is 0 Å². The van der Waals surface area contributed by atoms with Crippen LogP contribution in [0.25, 0.3) is 21.1 Å². The highest BCUT2D eigenvalue weighted by Gasteiger charge is 2.10. The first-order valence-corrected chi connectivity index (χ1v) is 10.8. The van der Waals surface area contributed by atoms with Gasteiger partial charge in [0.15, 0.2) is 0 Å². The molecule has 5 nitrogen and oxygen atoms in total. The van der Waals surface area contributed by atoms with Crippen molar-refractivity contribution in [2.45, 2.75) is 6.42 Å². The van der Waals surface area contributed by atoms with Gasteiger partial charge < -0.3 is 5.11 Å². The summed E-state index contributed by atoms with van der Waals surface area (Å²) in [5.41, 5.74) is 1.78. The van der Waals surface area contributed by atoms with Gasteiger partial charge in [0.25, 0.3) is 0 Å². The Balaban J connectivity index is 1.72. The van der Waals surface area contributed by atoms with E-state index in [1.165, 1.54) is 11.3 Å². The fraction of sp³-hybridized carbons (Fsp3) is 0.188. The van der Waals surface area contributed by atoms with Gasteiger partial charge in [0.05, 0.1) is 16.8 Å². The lowest BCUT2D eigenvalue weighted by molar-refractivity contribution is 0.475. The summed E-state index contributed by atoms with van der Waals surface area (Å²) in [6.45, 7) is 0.393. The van der Waals surface area contributed by atoms with Crippen LogP contribution < -0.4 is 4.72 Å². The molecular weight excluding hydrogens is 364 g/mol. The van der Waals surface area contributed by atoms with E-state index in [1.54, 1.807) is 29.5 Å². The van der Waals surface area contributed by atoms with Crippen LogP contribution in [0, 0.1) is 0 Å². The van der Waals surface area contributed by atoms with Gasteiger partial charge in [-0.2, -0.15) is 0 Å². The summed E-state index contributed by atoms with van der Waals surface area (Å²) >= 11 is 3.14. The number of benzene rings is 1. The number of phenolic OH excluding ortho intramolecular Hbond substituents is 1. The SMILES string of the molecule is CS(=O)(=O)NCCc1ccc(-c2csc(-c3cccc(O)c3)n2)s1. The number of nitrogens with zero attached hydrogens (tertiary/aromatic N) is 1. The average molecular weight is 381 g/mol. The van der Waals surface area contributed by atoms with E-state index in [2.05, 4.69) is 9.71 Å². The number of phenols is 1. The Morgan fingerprint density at radius 1 is 1.25 bits per heavy atom. The molecular formula is C16H16N2O3S3. The quantitative estimate of drug-likeness (QED) is 0.687. The predicted molar refractivity (Wildman–Crippen MR) is 99.1 cm³/mol. The number of rotatable bonds is 6. The van der Waals surface area contributed by atoms with Gasteiger partial charge in [0, 0.05) is 22.4 Å². The van der Waals surface area contributed by atoms with E-state index in [4.69, 9.17) is 0 Å². The second kappa shape index (κ2) is 7.02. The van der Waals surface area contributed by atoms with Gasteiger partial charge in [-0.05, 0) is 30.7 Å². The zero-order chi connectivity index (χ0) is 17.2. The molecule has 2 heterocycles. The monoisotopic (exact) mass is 380 g/mol. The Bertz CT molecular complexity index is 945. The highest BCUT2D eigenvalue weighted by molar-refractivity contribution is 7.88. The van der Waals surface area contributed by atoms with Crippen LogP contribution >= 0.6 is 22.7 Å². The van der Waals surface area contributed by atoms with Gasteiger partial charge in [-0.1, -0.05) is 12.1 Å². The summed E-state index contributed by atoms with van der Waals surface area (Å²) in [6.07, 6.45) is 1.81. The molecule has 0 aliphatic rings. The molecule has 8 heteroatoms. The second-order valence-corrected chi connectivity index (χ2v) is 9.13. The van der Waals surface area contributed by atoms with E-state index in [0.29, 0.717) is 13.0 Å². The van der Waals surface area contributed by atoms with E-state index >= 15 is 0 Å². The molecule has 0 saturated carbocycles. The molecule has 0 aliphatic heterocycles. The van der Waals surface area contributed by atoms with E-state index in [9.17, 15) is 13.5 Å². The third-order valence-corrected chi connectivity index (χ3v) is 6.03. The molecule has 0 saturated heterocycles. The normalized spacial score (nSPS) is 11.7. The molecule has 3 rings (SSSR count). The smallest absolute Gasteiger partial charge is 0.208 e. The zero-order valence-electron chi connectivity index (χ0n) is 12.9. The molecule has 0 fully saturated rings. The minimum Gasteiger partial charge on any atom is -0.508 e. The summed E-state index contributed by atoms with van der Waals surface area (Å²) in [5, 5.41) is 12.4. The number of sulfonamides is 1.